The Labute approximate surface area is 260 Å². The number of benzene rings is 2. The molecule has 0 spiro atoms. The van der Waals surface area contributed by atoms with Crippen LogP contribution in [0.1, 0.15) is 24.0 Å². The summed E-state index contributed by atoms with van der Waals surface area (Å²) < 4.78 is 0. The minimum absolute atomic E-state index is 0.0354. The van der Waals surface area contributed by atoms with E-state index in [-0.39, 0.29) is 19.0 Å². The first-order valence-electron chi connectivity index (χ1n) is 14.3. The van der Waals surface area contributed by atoms with Crippen LogP contribution in [-0.4, -0.2) is 95.4 Å². The Morgan fingerprint density at radius 1 is 0.932 bits per heavy atom. The van der Waals surface area contributed by atoms with E-state index < -0.39 is 54.0 Å². The van der Waals surface area contributed by atoms with Gasteiger partial charge < -0.3 is 42.5 Å². The Balaban J connectivity index is 1.73. The number of rotatable bonds is 16. The largest absolute Gasteiger partial charge is 0.480 e. The third kappa shape index (κ3) is 11.1. The SMILES string of the molecule is CSCCC(NC(=O)C(NC(=O)NC(Cc1ccccc1)C(=O)O)C1CCN=C(N)N1)C(=O)NC(CO)Cc1ccccc1. The molecule has 5 atom stereocenters. The van der Waals surface area contributed by atoms with Crippen molar-refractivity contribution in [1.29, 1.82) is 0 Å². The highest BCUT2D eigenvalue weighted by Crippen LogP contribution is 2.10. The maximum atomic E-state index is 13.7. The van der Waals surface area contributed by atoms with Gasteiger partial charge in [0.25, 0.3) is 0 Å². The van der Waals surface area contributed by atoms with Gasteiger partial charge in [0, 0.05) is 13.0 Å². The van der Waals surface area contributed by atoms with E-state index in [4.69, 9.17) is 5.73 Å². The van der Waals surface area contributed by atoms with Crippen LogP contribution in [0.5, 0.6) is 0 Å². The molecule has 0 saturated heterocycles. The average Bonchev–Trinajstić information content (AvgIpc) is 3.02. The molecule has 44 heavy (non-hydrogen) atoms. The molecular weight excluding hydrogens is 586 g/mol. The number of nitrogens with zero attached hydrogens (tertiary/aromatic N) is 1. The van der Waals surface area contributed by atoms with Crippen LogP contribution in [0.4, 0.5) is 4.79 Å². The quantitative estimate of drug-likeness (QED) is 0.126. The maximum absolute atomic E-state index is 13.7. The van der Waals surface area contributed by atoms with Crippen molar-refractivity contribution in [3.63, 3.8) is 0 Å². The van der Waals surface area contributed by atoms with Crippen LogP contribution in [-0.2, 0) is 27.2 Å². The first kappa shape index (κ1) is 34.2. The Morgan fingerprint density at radius 2 is 1.57 bits per heavy atom. The molecule has 0 radical (unpaired) electrons. The Bertz CT molecular complexity index is 1270. The summed E-state index contributed by atoms with van der Waals surface area (Å²) in [5.74, 6) is -1.72. The number of hydrogen-bond acceptors (Lipinski definition) is 9. The van der Waals surface area contributed by atoms with Crippen LogP contribution >= 0.6 is 11.8 Å². The molecule has 2 aromatic carbocycles. The molecule has 1 aliphatic rings. The Hall–Kier alpha value is -4.30. The number of nitrogens with one attached hydrogen (secondary N) is 5. The minimum atomic E-state index is -1.26. The second-order valence-corrected chi connectivity index (χ2v) is 11.4. The molecule has 2 aromatic rings. The summed E-state index contributed by atoms with van der Waals surface area (Å²) in [6.07, 6.45) is 2.94. The highest BCUT2D eigenvalue weighted by molar-refractivity contribution is 7.98. The molecule has 1 aliphatic heterocycles. The summed E-state index contributed by atoms with van der Waals surface area (Å²) in [6, 6.07) is 12.7. The zero-order chi connectivity index (χ0) is 31.9. The maximum Gasteiger partial charge on any atom is 0.326 e. The van der Waals surface area contributed by atoms with E-state index in [0.29, 0.717) is 37.1 Å². The van der Waals surface area contributed by atoms with E-state index in [1.54, 1.807) is 30.3 Å². The first-order valence-corrected chi connectivity index (χ1v) is 15.7. The van der Waals surface area contributed by atoms with Gasteiger partial charge in [-0.15, -0.1) is 0 Å². The van der Waals surface area contributed by atoms with Crippen molar-refractivity contribution >= 4 is 41.5 Å². The number of guanidine groups is 1. The molecule has 0 saturated carbocycles. The van der Waals surface area contributed by atoms with Crippen LogP contribution < -0.4 is 32.3 Å². The molecule has 238 valence electrons. The lowest BCUT2D eigenvalue weighted by Crippen LogP contribution is -2.64. The number of carboxylic acid groups (broad SMARTS) is 1. The molecule has 4 amide bonds. The van der Waals surface area contributed by atoms with Gasteiger partial charge >= 0.3 is 12.0 Å². The van der Waals surface area contributed by atoms with Crippen molar-refractivity contribution in [1.82, 2.24) is 26.6 Å². The van der Waals surface area contributed by atoms with Crippen LogP contribution in [0.2, 0.25) is 0 Å². The van der Waals surface area contributed by atoms with E-state index in [0.717, 1.165) is 5.56 Å². The predicted molar refractivity (Wildman–Crippen MR) is 169 cm³/mol. The zero-order valence-electron chi connectivity index (χ0n) is 24.6. The monoisotopic (exact) mass is 627 g/mol. The number of urea groups is 1. The van der Waals surface area contributed by atoms with E-state index in [9.17, 15) is 29.4 Å². The van der Waals surface area contributed by atoms with Crippen LogP contribution in [0.25, 0.3) is 0 Å². The Kier molecular flexibility index (Phi) is 13.8. The van der Waals surface area contributed by atoms with Crippen molar-refractivity contribution in [2.75, 3.05) is 25.2 Å². The lowest BCUT2D eigenvalue weighted by atomic mass is 10.0. The molecule has 0 bridgehead atoms. The van der Waals surface area contributed by atoms with Gasteiger partial charge in [0.2, 0.25) is 11.8 Å². The highest BCUT2D eigenvalue weighted by Gasteiger charge is 2.35. The fourth-order valence-electron chi connectivity index (χ4n) is 4.75. The van der Waals surface area contributed by atoms with Crippen molar-refractivity contribution < 1.29 is 29.4 Å². The fraction of sp³-hybridized carbons (Fsp3) is 0.433. The molecular formula is C30H41N7O6S. The number of hydrogen-bond donors (Lipinski definition) is 8. The summed E-state index contributed by atoms with van der Waals surface area (Å²) in [4.78, 5) is 56.1. The zero-order valence-corrected chi connectivity index (χ0v) is 25.4. The summed E-state index contributed by atoms with van der Waals surface area (Å²) in [5, 5.41) is 33.2. The second kappa shape index (κ2) is 17.7. The van der Waals surface area contributed by atoms with Gasteiger partial charge in [-0.2, -0.15) is 11.8 Å². The average molecular weight is 628 g/mol. The van der Waals surface area contributed by atoms with Gasteiger partial charge in [0.1, 0.15) is 18.1 Å². The number of amides is 4. The third-order valence-electron chi connectivity index (χ3n) is 7.05. The van der Waals surface area contributed by atoms with Crippen molar-refractivity contribution in [2.24, 2.45) is 10.7 Å². The summed E-state index contributed by atoms with van der Waals surface area (Å²) >= 11 is 1.50. The van der Waals surface area contributed by atoms with Crippen LogP contribution in [0, 0.1) is 0 Å². The standard InChI is InChI=1S/C30H41N7O6S/c1-44-15-13-23(26(39)33-21(18-38)16-19-8-4-2-5-9-19)34-27(40)25(22-12-14-32-29(31)35-22)37-30(43)36-24(28(41)42)17-20-10-6-3-7-11-20/h2-11,21-25,38H,12-18H2,1H3,(H,33,39)(H,34,40)(H,41,42)(H3,31,32,35)(H2,36,37,43). The number of carboxylic acids is 1. The molecule has 14 heteroatoms. The number of thioether (sulfide) groups is 1. The van der Waals surface area contributed by atoms with Gasteiger partial charge in [-0.3, -0.25) is 14.6 Å². The van der Waals surface area contributed by atoms with Crippen LogP contribution in [0.15, 0.2) is 65.7 Å². The molecule has 0 aliphatic carbocycles. The number of aliphatic imine (C=N–C) groups is 1. The molecule has 0 aromatic heterocycles. The van der Waals surface area contributed by atoms with E-state index in [2.05, 4.69) is 31.6 Å². The smallest absolute Gasteiger partial charge is 0.326 e. The minimum Gasteiger partial charge on any atom is -0.480 e. The number of aliphatic hydroxyl groups excluding tert-OH is 1. The lowest BCUT2D eigenvalue weighted by Gasteiger charge is -2.32. The van der Waals surface area contributed by atoms with E-state index in [1.807, 2.05) is 36.6 Å². The number of nitrogens with two attached hydrogens (primary N) is 1. The van der Waals surface area contributed by atoms with Gasteiger partial charge in [0.05, 0.1) is 18.7 Å². The predicted octanol–water partition coefficient (Wildman–Crippen LogP) is -0.0156. The number of aliphatic hydroxyl groups is 1. The molecule has 13 nitrogen and oxygen atoms in total. The molecule has 1 heterocycles. The fourth-order valence-corrected chi connectivity index (χ4v) is 5.22. The second-order valence-electron chi connectivity index (χ2n) is 10.4. The van der Waals surface area contributed by atoms with Crippen LogP contribution in [0.3, 0.4) is 0 Å². The lowest BCUT2D eigenvalue weighted by molar-refractivity contribution is -0.139. The topological polar surface area (TPSA) is 207 Å². The molecule has 3 rings (SSSR count). The van der Waals surface area contributed by atoms with E-state index >= 15 is 0 Å². The third-order valence-corrected chi connectivity index (χ3v) is 7.69. The summed E-state index contributed by atoms with van der Waals surface area (Å²) in [5.41, 5.74) is 7.50. The summed E-state index contributed by atoms with van der Waals surface area (Å²) in [6.45, 7) is 0.00288. The molecule has 9 N–H and O–H groups in total. The molecule has 5 unspecified atom stereocenters. The highest BCUT2D eigenvalue weighted by atomic mass is 32.2. The van der Waals surface area contributed by atoms with Gasteiger partial charge in [0.15, 0.2) is 5.96 Å². The number of aliphatic carboxylic acids is 1. The van der Waals surface area contributed by atoms with Crippen molar-refractivity contribution in [3.8, 4) is 0 Å². The van der Waals surface area contributed by atoms with Gasteiger partial charge in [-0.25, -0.2) is 9.59 Å². The number of carbonyl (C=O) groups excluding carboxylic acids is 3. The van der Waals surface area contributed by atoms with Crippen molar-refractivity contribution in [3.05, 3.63) is 71.8 Å². The first-order chi connectivity index (χ1) is 21.2. The summed E-state index contributed by atoms with van der Waals surface area (Å²) in [7, 11) is 0. The van der Waals surface area contributed by atoms with E-state index in [1.165, 1.54) is 11.8 Å². The normalized spacial score (nSPS) is 17.0. The van der Waals surface area contributed by atoms with Gasteiger partial charge in [-0.05, 0) is 42.4 Å². The molecule has 0 fully saturated rings. The van der Waals surface area contributed by atoms with Gasteiger partial charge in [-0.1, -0.05) is 60.7 Å². The number of carbonyl (C=O) groups is 4. The Morgan fingerprint density at radius 3 is 2.14 bits per heavy atom. The van der Waals surface area contributed by atoms with Crippen molar-refractivity contribution in [2.45, 2.75) is 55.9 Å².